The first-order valence-electron chi connectivity index (χ1n) is 4.83. The number of carboxylic acid groups (broad SMARTS) is 1. The van der Waals surface area contributed by atoms with Gasteiger partial charge in [0.25, 0.3) is 5.69 Å². The summed E-state index contributed by atoms with van der Waals surface area (Å²) in [5.74, 6) is -1.28. The lowest BCUT2D eigenvalue weighted by Crippen LogP contribution is -2.10. The van der Waals surface area contributed by atoms with Crippen LogP contribution in [0.2, 0.25) is 0 Å². The van der Waals surface area contributed by atoms with Crippen LogP contribution in [0.4, 0.5) is 5.69 Å². The van der Waals surface area contributed by atoms with Gasteiger partial charge < -0.3 is 5.11 Å². The van der Waals surface area contributed by atoms with Gasteiger partial charge in [0, 0.05) is 11.8 Å². The fourth-order valence-electron chi connectivity index (χ4n) is 1.16. The van der Waals surface area contributed by atoms with Gasteiger partial charge in [0.1, 0.15) is 6.20 Å². The van der Waals surface area contributed by atoms with Crippen LogP contribution in [0.5, 0.6) is 0 Å². The number of nitro groups is 1. The van der Waals surface area contributed by atoms with Gasteiger partial charge in [0.05, 0.1) is 10.8 Å². The molecule has 1 heterocycles. The summed E-state index contributed by atoms with van der Waals surface area (Å²) in [6.45, 7) is 1.62. The monoisotopic (exact) mass is 224 g/mol. The Bertz CT molecular complexity index is 388. The highest BCUT2D eigenvalue weighted by Gasteiger charge is 2.11. The zero-order chi connectivity index (χ0) is 12.1. The molecule has 0 radical (unpaired) electrons. The average molecular weight is 224 g/mol. The second-order valence-electron chi connectivity index (χ2n) is 3.54. The maximum atomic E-state index is 10.6. The molecule has 1 N–H and O–H groups in total. The highest BCUT2D eigenvalue weighted by molar-refractivity contribution is 5.69. The van der Waals surface area contributed by atoms with Gasteiger partial charge in [-0.2, -0.15) is 0 Å². The van der Waals surface area contributed by atoms with E-state index in [1.54, 1.807) is 13.0 Å². The molecule has 0 aliphatic carbocycles. The highest BCUT2D eigenvalue weighted by atomic mass is 16.6. The van der Waals surface area contributed by atoms with E-state index in [-0.39, 0.29) is 5.69 Å². The zero-order valence-corrected chi connectivity index (χ0v) is 8.79. The van der Waals surface area contributed by atoms with Crippen LogP contribution in [0.1, 0.15) is 19.0 Å². The van der Waals surface area contributed by atoms with Crippen molar-refractivity contribution in [1.29, 1.82) is 0 Å². The summed E-state index contributed by atoms with van der Waals surface area (Å²) < 4.78 is 0. The fraction of sp³-hybridized carbons (Fsp3) is 0.400. The molecule has 6 heteroatoms. The Labute approximate surface area is 92.1 Å². The Balaban J connectivity index is 2.56. The van der Waals surface area contributed by atoms with E-state index in [1.165, 1.54) is 12.3 Å². The summed E-state index contributed by atoms with van der Waals surface area (Å²) in [6.07, 6.45) is 2.16. The lowest BCUT2D eigenvalue weighted by atomic mass is 10.0. The summed E-state index contributed by atoms with van der Waals surface area (Å²) in [6, 6.07) is 2.92. The fourth-order valence-corrected chi connectivity index (χ4v) is 1.16. The van der Waals surface area contributed by atoms with E-state index in [1.807, 2.05) is 0 Å². The minimum absolute atomic E-state index is 0.0602. The number of rotatable bonds is 5. The van der Waals surface area contributed by atoms with Crippen LogP contribution >= 0.6 is 0 Å². The van der Waals surface area contributed by atoms with Crippen molar-refractivity contribution in [1.82, 2.24) is 4.98 Å². The molecule has 0 aliphatic heterocycles. The maximum absolute atomic E-state index is 10.6. The molecule has 1 aromatic rings. The van der Waals surface area contributed by atoms with Crippen molar-refractivity contribution in [3.63, 3.8) is 0 Å². The smallest absolute Gasteiger partial charge is 0.306 e. The van der Waals surface area contributed by atoms with Crippen molar-refractivity contribution in [3.05, 3.63) is 34.1 Å². The Hall–Kier alpha value is -1.98. The maximum Gasteiger partial charge on any atom is 0.306 e. The van der Waals surface area contributed by atoms with Gasteiger partial charge in [-0.3, -0.25) is 19.9 Å². The second kappa shape index (κ2) is 5.20. The second-order valence-corrected chi connectivity index (χ2v) is 3.54. The van der Waals surface area contributed by atoms with Gasteiger partial charge in [-0.25, -0.2) is 0 Å². The number of aryl methyl sites for hydroxylation is 1. The van der Waals surface area contributed by atoms with Gasteiger partial charge in [-0.1, -0.05) is 6.92 Å². The Morgan fingerprint density at radius 1 is 1.62 bits per heavy atom. The number of nitrogens with zero attached hydrogens (tertiary/aromatic N) is 2. The van der Waals surface area contributed by atoms with Crippen molar-refractivity contribution < 1.29 is 14.8 Å². The number of carboxylic acids is 1. The van der Waals surface area contributed by atoms with Crippen LogP contribution < -0.4 is 0 Å². The number of carbonyl (C=O) groups is 1. The standard InChI is InChI=1S/C10H12N2O4/c1-7(10(13)14)2-3-8-4-5-9(6-11-8)12(15)16/h4-7H,2-3H2,1H3,(H,13,14). The van der Waals surface area contributed by atoms with Gasteiger partial charge in [-0.15, -0.1) is 0 Å². The number of aromatic nitrogens is 1. The number of pyridine rings is 1. The molecule has 0 fully saturated rings. The third kappa shape index (κ3) is 3.30. The van der Waals surface area contributed by atoms with Crippen LogP contribution in [-0.4, -0.2) is 21.0 Å². The molecule has 0 saturated heterocycles. The SMILES string of the molecule is CC(CCc1ccc([N+](=O)[O-])cn1)C(=O)O. The number of aliphatic carboxylic acids is 1. The molecule has 1 unspecified atom stereocenters. The predicted octanol–water partition coefficient (Wildman–Crippen LogP) is 1.64. The lowest BCUT2D eigenvalue weighted by Gasteiger charge is -2.04. The Morgan fingerprint density at radius 2 is 2.31 bits per heavy atom. The highest BCUT2D eigenvalue weighted by Crippen LogP contribution is 2.12. The molecule has 0 aromatic carbocycles. The minimum Gasteiger partial charge on any atom is -0.481 e. The molecule has 16 heavy (non-hydrogen) atoms. The summed E-state index contributed by atoms with van der Waals surface area (Å²) in [7, 11) is 0. The Kier molecular flexibility index (Phi) is 3.93. The van der Waals surface area contributed by atoms with E-state index in [2.05, 4.69) is 4.98 Å². The van der Waals surface area contributed by atoms with E-state index < -0.39 is 16.8 Å². The van der Waals surface area contributed by atoms with Gasteiger partial charge in [-0.05, 0) is 18.9 Å². The first kappa shape index (κ1) is 12.1. The Morgan fingerprint density at radius 3 is 2.75 bits per heavy atom. The molecule has 0 saturated carbocycles. The van der Waals surface area contributed by atoms with E-state index in [0.717, 1.165) is 0 Å². The summed E-state index contributed by atoms with van der Waals surface area (Å²) >= 11 is 0. The number of hydrogen-bond donors (Lipinski definition) is 1. The molecule has 1 atom stereocenters. The molecular weight excluding hydrogens is 212 g/mol. The van der Waals surface area contributed by atoms with Crippen LogP contribution in [-0.2, 0) is 11.2 Å². The molecule has 0 bridgehead atoms. The third-order valence-corrected chi connectivity index (χ3v) is 2.28. The molecule has 1 aromatic heterocycles. The first-order valence-corrected chi connectivity index (χ1v) is 4.83. The van der Waals surface area contributed by atoms with Crippen LogP contribution in [0.25, 0.3) is 0 Å². The predicted molar refractivity (Wildman–Crippen MR) is 56.0 cm³/mol. The zero-order valence-electron chi connectivity index (χ0n) is 8.79. The summed E-state index contributed by atoms with van der Waals surface area (Å²) in [5.41, 5.74) is 0.605. The van der Waals surface area contributed by atoms with Crippen molar-refractivity contribution in [2.45, 2.75) is 19.8 Å². The normalized spacial score (nSPS) is 12.1. The quantitative estimate of drug-likeness (QED) is 0.606. The molecular formula is C10H12N2O4. The molecule has 0 spiro atoms. The van der Waals surface area contributed by atoms with E-state index in [4.69, 9.17) is 5.11 Å². The van der Waals surface area contributed by atoms with E-state index in [0.29, 0.717) is 18.5 Å². The molecule has 0 amide bonds. The summed E-state index contributed by atoms with van der Waals surface area (Å²) in [5, 5.41) is 19.0. The van der Waals surface area contributed by atoms with E-state index in [9.17, 15) is 14.9 Å². The van der Waals surface area contributed by atoms with Crippen molar-refractivity contribution in [2.75, 3.05) is 0 Å². The van der Waals surface area contributed by atoms with Crippen LogP contribution in [0, 0.1) is 16.0 Å². The molecule has 1 rings (SSSR count). The molecule has 86 valence electrons. The van der Waals surface area contributed by atoms with Crippen molar-refractivity contribution in [2.24, 2.45) is 5.92 Å². The van der Waals surface area contributed by atoms with Gasteiger partial charge >= 0.3 is 5.97 Å². The van der Waals surface area contributed by atoms with E-state index >= 15 is 0 Å². The first-order chi connectivity index (χ1) is 7.50. The van der Waals surface area contributed by atoms with Crippen molar-refractivity contribution in [3.8, 4) is 0 Å². The molecule has 0 aliphatic rings. The molecule has 6 nitrogen and oxygen atoms in total. The van der Waals surface area contributed by atoms with Gasteiger partial charge in [0.2, 0.25) is 0 Å². The minimum atomic E-state index is -0.845. The third-order valence-electron chi connectivity index (χ3n) is 2.28. The van der Waals surface area contributed by atoms with Crippen molar-refractivity contribution >= 4 is 11.7 Å². The summed E-state index contributed by atoms with van der Waals surface area (Å²) in [4.78, 5) is 24.3. The lowest BCUT2D eigenvalue weighted by molar-refractivity contribution is -0.385. The van der Waals surface area contributed by atoms with Crippen LogP contribution in [0.3, 0.4) is 0 Å². The topological polar surface area (TPSA) is 93.3 Å². The van der Waals surface area contributed by atoms with Crippen LogP contribution in [0.15, 0.2) is 18.3 Å². The number of hydrogen-bond acceptors (Lipinski definition) is 4. The van der Waals surface area contributed by atoms with Gasteiger partial charge in [0.15, 0.2) is 0 Å². The largest absolute Gasteiger partial charge is 0.481 e. The average Bonchev–Trinajstić information content (AvgIpc) is 2.26.